The van der Waals surface area contributed by atoms with Crippen LogP contribution in [0, 0.1) is 6.92 Å². The number of benzene rings is 1. The zero-order chi connectivity index (χ0) is 17.1. The van der Waals surface area contributed by atoms with Gasteiger partial charge in [0.15, 0.2) is 0 Å². The minimum atomic E-state index is -0.416. The molecule has 1 aliphatic heterocycles. The first-order valence-corrected chi connectivity index (χ1v) is 8.11. The fraction of sp³-hybridized carbons (Fsp3) is 0.353. The molecule has 0 spiro atoms. The van der Waals surface area contributed by atoms with Gasteiger partial charge in [-0.2, -0.15) is 0 Å². The average molecular weight is 348 g/mol. The van der Waals surface area contributed by atoms with Gasteiger partial charge in [-0.25, -0.2) is 4.98 Å². The summed E-state index contributed by atoms with van der Waals surface area (Å²) in [5, 5.41) is 0.645. The number of nitrogens with zero attached hydrogens (tertiary/aromatic N) is 2. The lowest BCUT2D eigenvalue weighted by molar-refractivity contribution is -0.138. The van der Waals surface area contributed by atoms with Gasteiger partial charge in [0.2, 0.25) is 5.91 Å². The average Bonchev–Trinajstić information content (AvgIpc) is 2.56. The molecule has 1 aromatic carbocycles. The second kappa shape index (κ2) is 7.15. The van der Waals surface area contributed by atoms with Crippen LogP contribution >= 0.6 is 11.6 Å². The van der Waals surface area contributed by atoms with Gasteiger partial charge in [-0.05, 0) is 24.6 Å². The second-order valence-electron chi connectivity index (χ2n) is 5.77. The lowest BCUT2D eigenvalue weighted by Gasteiger charge is -2.32. The van der Waals surface area contributed by atoms with Crippen molar-refractivity contribution in [1.82, 2.24) is 14.9 Å². The number of hydrogen-bond acceptors (Lipinski definition) is 4. The third-order valence-electron chi connectivity index (χ3n) is 3.88. The van der Waals surface area contributed by atoms with E-state index in [4.69, 9.17) is 16.3 Å². The topological polar surface area (TPSA) is 75.3 Å². The molecule has 2 heterocycles. The Morgan fingerprint density at radius 2 is 2.17 bits per heavy atom. The van der Waals surface area contributed by atoms with Gasteiger partial charge < -0.3 is 14.6 Å². The molecule has 126 valence electrons. The molecule has 7 heteroatoms. The summed E-state index contributed by atoms with van der Waals surface area (Å²) in [6.45, 7) is 3.07. The van der Waals surface area contributed by atoms with Crippen molar-refractivity contribution in [3.05, 3.63) is 62.8 Å². The minimum Gasteiger partial charge on any atom is -0.367 e. The van der Waals surface area contributed by atoms with Crippen LogP contribution in [0.15, 0.2) is 35.1 Å². The summed E-state index contributed by atoms with van der Waals surface area (Å²) in [7, 11) is 0. The van der Waals surface area contributed by atoms with E-state index in [-0.39, 0.29) is 11.5 Å². The highest BCUT2D eigenvalue weighted by atomic mass is 35.5. The van der Waals surface area contributed by atoms with Crippen molar-refractivity contribution in [2.75, 3.05) is 19.7 Å². The Labute approximate surface area is 144 Å². The lowest BCUT2D eigenvalue weighted by Crippen LogP contribution is -2.43. The van der Waals surface area contributed by atoms with Crippen molar-refractivity contribution in [3.63, 3.8) is 0 Å². The molecule has 2 aromatic rings. The quantitative estimate of drug-likeness (QED) is 0.919. The fourth-order valence-corrected chi connectivity index (χ4v) is 2.81. The van der Waals surface area contributed by atoms with Crippen molar-refractivity contribution in [2.24, 2.45) is 0 Å². The van der Waals surface area contributed by atoms with Gasteiger partial charge in [-0.1, -0.05) is 23.7 Å². The van der Waals surface area contributed by atoms with Gasteiger partial charge in [0, 0.05) is 23.3 Å². The number of rotatable bonds is 3. The highest BCUT2D eigenvalue weighted by Gasteiger charge is 2.27. The number of halogens is 1. The number of nitrogens with one attached hydrogen (secondary N) is 1. The fourth-order valence-electron chi connectivity index (χ4n) is 2.68. The summed E-state index contributed by atoms with van der Waals surface area (Å²) >= 11 is 5.86. The monoisotopic (exact) mass is 347 g/mol. The number of amides is 1. The molecule has 6 nitrogen and oxygen atoms in total. The Morgan fingerprint density at radius 3 is 2.88 bits per heavy atom. The first-order valence-electron chi connectivity index (χ1n) is 7.73. The van der Waals surface area contributed by atoms with Crippen molar-refractivity contribution < 1.29 is 9.53 Å². The zero-order valence-electron chi connectivity index (χ0n) is 13.3. The largest absolute Gasteiger partial charge is 0.367 e. The summed E-state index contributed by atoms with van der Waals surface area (Å²) in [4.78, 5) is 32.8. The second-order valence-corrected chi connectivity index (χ2v) is 6.21. The van der Waals surface area contributed by atoms with Crippen molar-refractivity contribution in [1.29, 1.82) is 0 Å². The van der Waals surface area contributed by atoms with Gasteiger partial charge >= 0.3 is 0 Å². The summed E-state index contributed by atoms with van der Waals surface area (Å²) in [5.74, 6) is 0.476. The van der Waals surface area contributed by atoms with Gasteiger partial charge in [-0.3, -0.25) is 9.59 Å². The Kier molecular flexibility index (Phi) is 4.97. The minimum absolute atomic E-state index is 0.0145. The van der Waals surface area contributed by atoms with Crippen LogP contribution in [0.1, 0.15) is 23.2 Å². The van der Waals surface area contributed by atoms with E-state index in [2.05, 4.69) is 9.97 Å². The SMILES string of the molecule is Cc1cc(=O)[nH]c([C@H]2CN(C(=O)Cc3ccc(Cl)cc3)CCO2)n1. The predicted octanol–water partition coefficient (Wildman–Crippen LogP) is 1.87. The first kappa shape index (κ1) is 16.7. The molecule has 0 radical (unpaired) electrons. The molecule has 0 aliphatic carbocycles. The predicted molar refractivity (Wildman–Crippen MR) is 90.0 cm³/mol. The molecule has 24 heavy (non-hydrogen) atoms. The number of aromatic nitrogens is 2. The van der Waals surface area contributed by atoms with Crippen LogP contribution < -0.4 is 5.56 Å². The van der Waals surface area contributed by atoms with Crippen LogP contribution in [0.3, 0.4) is 0 Å². The third-order valence-corrected chi connectivity index (χ3v) is 4.13. The third kappa shape index (κ3) is 4.01. The first-order chi connectivity index (χ1) is 11.5. The Hall–Kier alpha value is -2.18. The number of carbonyl (C=O) groups excluding carboxylic acids is 1. The van der Waals surface area contributed by atoms with Crippen LogP contribution in [-0.4, -0.2) is 40.5 Å². The number of ether oxygens (including phenoxy) is 1. The van der Waals surface area contributed by atoms with E-state index in [0.717, 1.165) is 5.56 Å². The molecule has 0 bridgehead atoms. The van der Waals surface area contributed by atoms with Gasteiger partial charge in [-0.15, -0.1) is 0 Å². The molecule has 1 atom stereocenters. The van der Waals surface area contributed by atoms with E-state index < -0.39 is 6.10 Å². The van der Waals surface area contributed by atoms with E-state index >= 15 is 0 Å². The Balaban J connectivity index is 1.69. The number of carbonyl (C=O) groups is 1. The summed E-state index contributed by atoms with van der Waals surface area (Å²) in [6.07, 6.45) is -0.109. The standard InChI is InChI=1S/C17H18ClN3O3/c1-11-8-15(22)20-17(19-11)14-10-21(6-7-24-14)16(23)9-12-2-4-13(18)5-3-12/h2-5,8,14H,6-7,9-10H2,1H3,(H,19,20,22)/t14-/m1/s1. The number of hydrogen-bond donors (Lipinski definition) is 1. The zero-order valence-corrected chi connectivity index (χ0v) is 14.0. The molecule has 0 unspecified atom stereocenters. The van der Waals surface area contributed by atoms with E-state index in [9.17, 15) is 9.59 Å². The molecule has 1 aromatic heterocycles. The Morgan fingerprint density at radius 1 is 1.42 bits per heavy atom. The van der Waals surface area contributed by atoms with Crippen LogP contribution in [0.4, 0.5) is 0 Å². The van der Waals surface area contributed by atoms with E-state index in [0.29, 0.717) is 42.7 Å². The van der Waals surface area contributed by atoms with Crippen molar-refractivity contribution in [3.8, 4) is 0 Å². The maximum Gasteiger partial charge on any atom is 0.251 e. The molecule has 3 rings (SSSR count). The van der Waals surface area contributed by atoms with E-state index in [1.807, 2.05) is 12.1 Å². The number of aromatic amines is 1. The maximum absolute atomic E-state index is 12.5. The molecular formula is C17H18ClN3O3. The number of H-pyrrole nitrogens is 1. The van der Waals surface area contributed by atoms with Crippen LogP contribution in [0.2, 0.25) is 5.02 Å². The van der Waals surface area contributed by atoms with Crippen molar-refractivity contribution in [2.45, 2.75) is 19.4 Å². The molecule has 1 aliphatic rings. The summed E-state index contributed by atoms with van der Waals surface area (Å²) in [5.41, 5.74) is 1.32. The smallest absolute Gasteiger partial charge is 0.251 e. The highest BCUT2D eigenvalue weighted by Crippen LogP contribution is 2.19. The van der Waals surface area contributed by atoms with Crippen LogP contribution in [0.5, 0.6) is 0 Å². The molecule has 1 N–H and O–H groups in total. The normalized spacial score (nSPS) is 17.8. The molecule has 1 fully saturated rings. The summed E-state index contributed by atoms with van der Waals surface area (Å²) in [6, 6.07) is 8.66. The highest BCUT2D eigenvalue weighted by molar-refractivity contribution is 6.30. The molecule has 0 saturated carbocycles. The van der Waals surface area contributed by atoms with Gasteiger partial charge in [0.1, 0.15) is 11.9 Å². The van der Waals surface area contributed by atoms with E-state index in [1.54, 1.807) is 24.0 Å². The number of aryl methyl sites for hydroxylation is 1. The number of morpholine rings is 1. The van der Waals surface area contributed by atoms with E-state index in [1.165, 1.54) is 6.07 Å². The molecule has 1 saturated heterocycles. The van der Waals surface area contributed by atoms with Crippen LogP contribution in [-0.2, 0) is 16.0 Å². The van der Waals surface area contributed by atoms with Crippen molar-refractivity contribution >= 4 is 17.5 Å². The van der Waals surface area contributed by atoms with Crippen LogP contribution in [0.25, 0.3) is 0 Å². The van der Waals surface area contributed by atoms with Gasteiger partial charge in [0.25, 0.3) is 5.56 Å². The lowest BCUT2D eigenvalue weighted by atomic mass is 10.1. The maximum atomic E-state index is 12.5. The summed E-state index contributed by atoms with van der Waals surface area (Å²) < 4.78 is 5.68. The molecule has 1 amide bonds. The molecular weight excluding hydrogens is 330 g/mol. The Bertz CT molecular complexity index is 788. The van der Waals surface area contributed by atoms with Gasteiger partial charge in [0.05, 0.1) is 19.6 Å².